The van der Waals surface area contributed by atoms with Gasteiger partial charge in [-0.3, -0.25) is 4.98 Å². The Morgan fingerprint density at radius 1 is 1.13 bits per heavy atom. The quantitative estimate of drug-likeness (QED) is 0.431. The van der Waals surface area contributed by atoms with E-state index < -0.39 is 6.61 Å². The number of ether oxygens (including phenoxy) is 2. The molecule has 164 valence electrons. The first-order valence-corrected chi connectivity index (χ1v) is 11.7. The summed E-state index contributed by atoms with van der Waals surface area (Å²) in [5, 5.41) is 1.79. The molecular weight excluding hydrogens is 411 g/mol. The van der Waals surface area contributed by atoms with Crippen LogP contribution in [0.1, 0.15) is 68.4 Å². The number of hydrogen-bond acceptors (Lipinski definition) is 4. The van der Waals surface area contributed by atoms with Crippen LogP contribution in [0.15, 0.2) is 29.8 Å². The fourth-order valence-corrected chi connectivity index (χ4v) is 6.12. The van der Waals surface area contributed by atoms with Crippen molar-refractivity contribution in [3.63, 3.8) is 0 Å². The molecule has 2 aromatic heterocycles. The van der Waals surface area contributed by atoms with E-state index in [-0.39, 0.29) is 16.8 Å². The number of hydrogen-bond donors (Lipinski definition) is 0. The largest absolute Gasteiger partial charge is 0.434 e. The normalized spacial score (nSPS) is 23.3. The average Bonchev–Trinajstić information content (AvgIpc) is 3.35. The summed E-state index contributed by atoms with van der Waals surface area (Å²) in [6, 6.07) is 4.94. The first-order valence-electron chi connectivity index (χ1n) is 10.8. The van der Waals surface area contributed by atoms with Crippen molar-refractivity contribution in [2.45, 2.75) is 81.8 Å². The lowest BCUT2D eigenvalue weighted by molar-refractivity contribution is -0.104. The van der Waals surface area contributed by atoms with Crippen LogP contribution in [0.25, 0.3) is 0 Å². The van der Waals surface area contributed by atoms with Crippen LogP contribution in [0.4, 0.5) is 13.2 Å². The number of alkyl halides is 2. The minimum Gasteiger partial charge on any atom is -0.434 e. The second-order valence-electron chi connectivity index (χ2n) is 8.60. The summed E-state index contributed by atoms with van der Waals surface area (Å²) < 4.78 is 49.5. The Morgan fingerprint density at radius 2 is 1.97 bits per heavy atom. The van der Waals surface area contributed by atoms with Gasteiger partial charge in [-0.15, -0.1) is 11.3 Å². The number of aromatic nitrogens is 1. The number of aryl methyl sites for hydroxylation is 1. The smallest absolute Gasteiger partial charge is 0.387 e. The third-order valence-electron chi connectivity index (χ3n) is 6.66. The summed E-state index contributed by atoms with van der Waals surface area (Å²) in [4.78, 5) is 5.34. The van der Waals surface area contributed by atoms with Gasteiger partial charge >= 0.3 is 6.61 Å². The van der Waals surface area contributed by atoms with Crippen LogP contribution < -0.4 is 4.74 Å². The second-order valence-corrected chi connectivity index (χ2v) is 9.60. The summed E-state index contributed by atoms with van der Waals surface area (Å²) in [5.74, 6) is -0.0262. The van der Waals surface area contributed by atoms with E-state index in [0.29, 0.717) is 18.8 Å². The maximum absolute atomic E-state index is 13.5. The Labute approximate surface area is 179 Å². The van der Waals surface area contributed by atoms with Gasteiger partial charge in [0.25, 0.3) is 0 Å². The molecule has 30 heavy (non-hydrogen) atoms. The SMILES string of the molecule is Fc1ccc(C2(CCCCc3sccc3OC(F)F)CCOC3(CCCC3)C2)nc1. The number of thiophene rings is 1. The summed E-state index contributed by atoms with van der Waals surface area (Å²) in [6.45, 7) is -2.09. The van der Waals surface area contributed by atoms with E-state index in [0.717, 1.165) is 55.5 Å². The van der Waals surface area contributed by atoms with Crippen molar-refractivity contribution >= 4 is 11.3 Å². The van der Waals surface area contributed by atoms with Crippen LogP contribution in [-0.2, 0) is 16.6 Å². The van der Waals surface area contributed by atoms with Crippen LogP contribution >= 0.6 is 11.3 Å². The van der Waals surface area contributed by atoms with E-state index in [9.17, 15) is 13.2 Å². The van der Waals surface area contributed by atoms with Crippen molar-refractivity contribution in [3.8, 4) is 5.75 Å². The summed E-state index contributed by atoms with van der Waals surface area (Å²) in [6.07, 6.45) is 11.2. The van der Waals surface area contributed by atoms with Crippen LogP contribution in [0.2, 0.25) is 0 Å². The van der Waals surface area contributed by atoms with Crippen LogP contribution in [-0.4, -0.2) is 23.8 Å². The number of nitrogens with zero attached hydrogens (tertiary/aromatic N) is 1. The Bertz CT molecular complexity index is 820. The second kappa shape index (κ2) is 9.27. The predicted molar refractivity (Wildman–Crippen MR) is 111 cm³/mol. The van der Waals surface area contributed by atoms with Gasteiger partial charge in [0.15, 0.2) is 0 Å². The number of pyridine rings is 1. The molecule has 2 aromatic rings. The molecule has 0 aromatic carbocycles. The summed E-state index contributed by atoms with van der Waals surface area (Å²) in [5.41, 5.74) is 0.769. The number of rotatable bonds is 8. The first-order chi connectivity index (χ1) is 14.5. The van der Waals surface area contributed by atoms with Crippen molar-refractivity contribution < 1.29 is 22.6 Å². The van der Waals surface area contributed by atoms with E-state index in [4.69, 9.17) is 4.74 Å². The third kappa shape index (κ3) is 4.83. The standard InChI is InChI=1S/C23H28F3NO2S/c24-17-6-7-20(27-15-17)22(12-13-28-23(16-22)10-3-4-11-23)9-2-1-5-19-18(8-14-30-19)29-21(25)26/h6-8,14-15,21H,1-5,9-13,16H2. The topological polar surface area (TPSA) is 31.4 Å². The number of halogens is 3. The Balaban J connectivity index is 1.44. The molecule has 0 amide bonds. The maximum atomic E-state index is 13.5. The lowest BCUT2D eigenvalue weighted by atomic mass is 9.67. The Morgan fingerprint density at radius 3 is 2.70 bits per heavy atom. The van der Waals surface area contributed by atoms with Gasteiger partial charge in [0.05, 0.1) is 11.8 Å². The molecular formula is C23H28F3NO2S. The Kier molecular flexibility index (Phi) is 6.68. The van der Waals surface area contributed by atoms with Crippen molar-refractivity contribution in [2.75, 3.05) is 6.61 Å². The van der Waals surface area contributed by atoms with E-state index >= 15 is 0 Å². The molecule has 2 aliphatic rings. The zero-order valence-electron chi connectivity index (χ0n) is 17.0. The molecule has 4 rings (SSSR count). The van der Waals surface area contributed by atoms with Gasteiger partial charge in [-0.2, -0.15) is 8.78 Å². The molecule has 1 spiro atoms. The van der Waals surface area contributed by atoms with Gasteiger partial charge in [-0.1, -0.05) is 19.3 Å². The number of unbranched alkanes of at least 4 members (excludes halogenated alkanes) is 1. The molecule has 0 N–H and O–H groups in total. The zero-order valence-corrected chi connectivity index (χ0v) is 17.9. The molecule has 1 saturated heterocycles. The van der Waals surface area contributed by atoms with Crippen molar-refractivity contribution in [1.29, 1.82) is 0 Å². The highest BCUT2D eigenvalue weighted by atomic mass is 32.1. The molecule has 1 aliphatic heterocycles. The van der Waals surface area contributed by atoms with Gasteiger partial charge in [0.2, 0.25) is 0 Å². The van der Waals surface area contributed by atoms with Crippen LogP contribution in [0, 0.1) is 5.82 Å². The predicted octanol–water partition coefficient (Wildman–Crippen LogP) is 6.66. The molecule has 0 radical (unpaired) electrons. The highest BCUT2D eigenvalue weighted by Gasteiger charge is 2.48. The molecule has 1 unspecified atom stereocenters. The minimum absolute atomic E-state index is 0.0691. The van der Waals surface area contributed by atoms with Crippen molar-refractivity contribution in [2.24, 2.45) is 0 Å². The molecule has 7 heteroatoms. The molecule has 2 fully saturated rings. The molecule has 1 aliphatic carbocycles. The minimum atomic E-state index is -2.80. The van der Waals surface area contributed by atoms with Gasteiger partial charge in [0, 0.05) is 22.6 Å². The molecule has 3 nitrogen and oxygen atoms in total. The van der Waals surface area contributed by atoms with Gasteiger partial charge in [-0.25, -0.2) is 4.39 Å². The first kappa shape index (κ1) is 21.6. The summed E-state index contributed by atoms with van der Waals surface area (Å²) >= 11 is 1.46. The zero-order chi connectivity index (χ0) is 21.0. The monoisotopic (exact) mass is 439 g/mol. The molecule has 1 saturated carbocycles. The van der Waals surface area contributed by atoms with Crippen molar-refractivity contribution in [1.82, 2.24) is 4.98 Å². The average molecular weight is 440 g/mol. The fourth-order valence-electron chi connectivity index (χ4n) is 5.27. The highest BCUT2D eigenvalue weighted by Crippen LogP contribution is 2.50. The highest BCUT2D eigenvalue weighted by molar-refractivity contribution is 7.10. The van der Waals surface area contributed by atoms with Crippen molar-refractivity contribution in [3.05, 3.63) is 46.2 Å². The van der Waals surface area contributed by atoms with Gasteiger partial charge in [-0.05, 0) is 68.5 Å². The van der Waals surface area contributed by atoms with E-state index in [1.165, 1.54) is 36.4 Å². The van der Waals surface area contributed by atoms with E-state index in [1.807, 2.05) is 6.07 Å². The lowest BCUT2D eigenvalue weighted by Gasteiger charge is -2.46. The van der Waals surface area contributed by atoms with Gasteiger partial charge in [0.1, 0.15) is 11.6 Å². The molecule has 3 heterocycles. The third-order valence-corrected chi connectivity index (χ3v) is 7.63. The van der Waals surface area contributed by atoms with Crippen LogP contribution in [0.3, 0.4) is 0 Å². The van der Waals surface area contributed by atoms with E-state index in [2.05, 4.69) is 9.72 Å². The van der Waals surface area contributed by atoms with Gasteiger partial charge < -0.3 is 9.47 Å². The maximum Gasteiger partial charge on any atom is 0.387 e. The molecule has 0 bridgehead atoms. The lowest BCUT2D eigenvalue weighted by Crippen LogP contribution is -2.46. The fraction of sp³-hybridized carbons (Fsp3) is 0.609. The molecule has 1 atom stereocenters. The van der Waals surface area contributed by atoms with E-state index in [1.54, 1.807) is 11.4 Å². The van der Waals surface area contributed by atoms with Crippen LogP contribution in [0.5, 0.6) is 5.75 Å². The summed E-state index contributed by atoms with van der Waals surface area (Å²) in [7, 11) is 0. The Hall–Kier alpha value is -1.60.